The number of carbonyl (C=O) groups is 2. The highest BCUT2D eigenvalue weighted by Crippen LogP contribution is 2.53. The van der Waals surface area contributed by atoms with Gasteiger partial charge in [-0.05, 0) is 59.6 Å². The van der Waals surface area contributed by atoms with E-state index in [2.05, 4.69) is 43.1 Å². The molecule has 246 valence electrons. The van der Waals surface area contributed by atoms with Gasteiger partial charge >= 0.3 is 5.97 Å². The predicted octanol–water partition coefficient (Wildman–Crippen LogP) is 6.67. The van der Waals surface area contributed by atoms with Crippen molar-refractivity contribution in [3.63, 3.8) is 0 Å². The molecule has 8 nitrogen and oxygen atoms in total. The van der Waals surface area contributed by atoms with Crippen LogP contribution in [0.25, 0.3) is 0 Å². The molecule has 1 aliphatic carbocycles. The molecule has 45 heavy (non-hydrogen) atoms. The van der Waals surface area contributed by atoms with E-state index in [-0.39, 0.29) is 31.1 Å². The van der Waals surface area contributed by atoms with E-state index < -0.39 is 12.3 Å². The zero-order valence-electron chi connectivity index (χ0n) is 27.3. The van der Waals surface area contributed by atoms with Crippen molar-refractivity contribution in [2.45, 2.75) is 123 Å². The Morgan fingerprint density at radius 2 is 1.56 bits per heavy atom. The third-order valence-corrected chi connectivity index (χ3v) is 9.86. The van der Waals surface area contributed by atoms with Crippen molar-refractivity contribution in [2.75, 3.05) is 13.1 Å². The van der Waals surface area contributed by atoms with Gasteiger partial charge in [0.05, 0.1) is 18.8 Å². The monoisotopic (exact) mass is 620 g/mol. The maximum Gasteiger partial charge on any atom is 0.303 e. The van der Waals surface area contributed by atoms with E-state index in [4.69, 9.17) is 14.6 Å². The number of aliphatic hydroxyl groups is 1. The molecular formula is C37H52N2O6. The molecule has 3 fully saturated rings. The van der Waals surface area contributed by atoms with Crippen LogP contribution in [0.2, 0.25) is 0 Å². The Morgan fingerprint density at radius 3 is 2.24 bits per heavy atom. The lowest BCUT2D eigenvalue weighted by Crippen LogP contribution is -2.42. The van der Waals surface area contributed by atoms with Gasteiger partial charge in [0.1, 0.15) is 0 Å². The summed E-state index contributed by atoms with van der Waals surface area (Å²) in [6.45, 7) is 9.77. The molecule has 0 radical (unpaired) electrons. The first kappa shape index (κ1) is 33.6. The van der Waals surface area contributed by atoms with Crippen LogP contribution in [0.15, 0.2) is 48.5 Å². The maximum atomic E-state index is 12.3. The van der Waals surface area contributed by atoms with E-state index in [0.717, 1.165) is 61.0 Å². The summed E-state index contributed by atoms with van der Waals surface area (Å²) < 4.78 is 13.3. The first-order chi connectivity index (χ1) is 21.5. The largest absolute Gasteiger partial charge is 0.481 e. The van der Waals surface area contributed by atoms with Gasteiger partial charge in [-0.2, -0.15) is 0 Å². The third kappa shape index (κ3) is 9.38. The number of carboxylic acid groups (broad SMARTS) is 1. The summed E-state index contributed by atoms with van der Waals surface area (Å²) in [5.41, 5.74) is 4.69. The van der Waals surface area contributed by atoms with Gasteiger partial charge in [0.25, 0.3) is 0 Å². The molecule has 5 rings (SSSR count). The Kier molecular flexibility index (Phi) is 11.0. The fourth-order valence-corrected chi connectivity index (χ4v) is 8.08. The first-order valence-corrected chi connectivity index (χ1v) is 16.8. The lowest BCUT2D eigenvalue weighted by atomic mass is 9.65. The molecule has 5 atom stereocenters. The Balaban J connectivity index is 1.19. The zero-order chi connectivity index (χ0) is 32.0. The van der Waals surface area contributed by atoms with Crippen molar-refractivity contribution in [1.29, 1.82) is 0 Å². The standard InChI is InChI=1S/C37H52N2O6/c1-36(2)19-30-20-37(3,24-36)25-39(30)22-31-18-32(28-14-12-27(23-40)13-15-28)45-35(44-31)29-16-10-26(11-17-29)21-38-33(41)8-6-4-5-7-9-34(42)43/h10-17,30-32,35,40H,4-9,18-25H2,1-3H3,(H,38,41)(H,42,43). The summed E-state index contributed by atoms with van der Waals surface area (Å²) in [7, 11) is 0. The number of hydrogen-bond donors (Lipinski definition) is 3. The van der Waals surface area contributed by atoms with Gasteiger partial charge in [0.2, 0.25) is 5.91 Å². The smallest absolute Gasteiger partial charge is 0.303 e. The molecule has 8 heteroatoms. The van der Waals surface area contributed by atoms with Crippen LogP contribution in [0, 0.1) is 10.8 Å². The highest BCUT2D eigenvalue weighted by molar-refractivity contribution is 5.75. The van der Waals surface area contributed by atoms with E-state index >= 15 is 0 Å². The third-order valence-electron chi connectivity index (χ3n) is 9.86. The minimum absolute atomic E-state index is 0.0119. The molecule has 2 aromatic rings. The van der Waals surface area contributed by atoms with Crippen molar-refractivity contribution in [3.8, 4) is 0 Å². The molecule has 2 aromatic carbocycles. The van der Waals surface area contributed by atoms with Crippen LogP contribution < -0.4 is 5.32 Å². The Morgan fingerprint density at radius 1 is 0.889 bits per heavy atom. The van der Waals surface area contributed by atoms with Gasteiger partial charge in [-0.1, -0.05) is 82.1 Å². The van der Waals surface area contributed by atoms with E-state index in [0.29, 0.717) is 36.3 Å². The van der Waals surface area contributed by atoms with E-state index in [1.807, 2.05) is 36.4 Å². The number of fused-ring (bicyclic) bond motifs is 2. The van der Waals surface area contributed by atoms with Crippen molar-refractivity contribution in [2.24, 2.45) is 10.8 Å². The van der Waals surface area contributed by atoms with Crippen molar-refractivity contribution in [1.82, 2.24) is 10.2 Å². The average Bonchev–Trinajstić information content (AvgIpc) is 3.24. The van der Waals surface area contributed by atoms with Crippen LogP contribution >= 0.6 is 0 Å². The Hall–Kier alpha value is -2.78. The number of amides is 1. The van der Waals surface area contributed by atoms with E-state index in [1.54, 1.807) is 0 Å². The molecule has 1 amide bonds. The lowest BCUT2D eigenvalue weighted by Gasteiger charge is -2.41. The van der Waals surface area contributed by atoms with Crippen LogP contribution in [0.1, 0.15) is 120 Å². The fraction of sp³-hybridized carbons (Fsp3) is 0.622. The Bertz CT molecular complexity index is 1280. The normalized spacial score (nSPS) is 27.7. The molecule has 3 aliphatic rings. The van der Waals surface area contributed by atoms with Gasteiger partial charge in [-0.3, -0.25) is 14.5 Å². The number of hydrogen-bond acceptors (Lipinski definition) is 6. The number of carbonyl (C=O) groups excluding carboxylic acids is 1. The van der Waals surface area contributed by atoms with Gasteiger partial charge in [0.15, 0.2) is 6.29 Å². The Labute approximate surface area is 268 Å². The molecule has 2 aliphatic heterocycles. The number of aliphatic hydroxyl groups excluding tert-OH is 1. The summed E-state index contributed by atoms with van der Waals surface area (Å²) in [4.78, 5) is 25.6. The molecule has 1 saturated carbocycles. The maximum absolute atomic E-state index is 12.3. The second kappa shape index (κ2) is 14.8. The SMILES string of the molecule is CC1(C)CC2CC(C)(CN2CC2CC(c3ccc(CO)cc3)OC(c3ccc(CNC(=O)CCCCCCC(=O)O)cc3)O2)C1. The molecule has 5 unspecified atom stereocenters. The van der Waals surface area contributed by atoms with Crippen LogP contribution in [-0.4, -0.2) is 52.2 Å². The minimum atomic E-state index is -0.767. The van der Waals surface area contributed by atoms with Crippen molar-refractivity contribution < 1.29 is 29.3 Å². The van der Waals surface area contributed by atoms with Crippen LogP contribution in [0.5, 0.6) is 0 Å². The first-order valence-electron chi connectivity index (χ1n) is 16.8. The molecule has 2 bridgehead atoms. The minimum Gasteiger partial charge on any atom is -0.481 e. The second-order valence-electron chi connectivity index (χ2n) is 14.8. The topological polar surface area (TPSA) is 108 Å². The quantitative estimate of drug-likeness (QED) is 0.203. The van der Waals surface area contributed by atoms with Crippen molar-refractivity contribution in [3.05, 3.63) is 70.8 Å². The lowest BCUT2D eigenvalue weighted by molar-refractivity contribution is -0.253. The number of nitrogens with zero attached hydrogens (tertiary/aromatic N) is 1. The molecule has 0 spiro atoms. The molecule has 2 saturated heterocycles. The molecule has 3 N–H and O–H groups in total. The van der Waals surface area contributed by atoms with E-state index in [1.165, 1.54) is 19.3 Å². The summed E-state index contributed by atoms with van der Waals surface area (Å²) in [6, 6.07) is 16.8. The van der Waals surface area contributed by atoms with Crippen LogP contribution in [-0.2, 0) is 32.2 Å². The molecule has 0 aromatic heterocycles. The van der Waals surface area contributed by atoms with E-state index in [9.17, 15) is 14.7 Å². The van der Waals surface area contributed by atoms with Crippen LogP contribution in [0.3, 0.4) is 0 Å². The zero-order valence-corrected chi connectivity index (χ0v) is 27.3. The van der Waals surface area contributed by atoms with Gasteiger partial charge in [-0.15, -0.1) is 0 Å². The second-order valence-corrected chi connectivity index (χ2v) is 14.8. The average molecular weight is 621 g/mol. The number of unbranched alkanes of at least 4 members (excludes halogenated alkanes) is 3. The number of carboxylic acids is 1. The molecular weight excluding hydrogens is 568 g/mol. The molecule has 2 heterocycles. The number of aliphatic carboxylic acids is 1. The highest BCUT2D eigenvalue weighted by atomic mass is 16.7. The number of likely N-dealkylation sites (tertiary alicyclic amines) is 1. The summed E-state index contributed by atoms with van der Waals surface area (Å²) >= 11 is 0. The number of rotatable bonds is 14. The van der Waals surface area contributed by atoms with Gasteiger partial charge in [-0.25, -0.2) is 0 Å². The summed E-state index contributed by atoms with van der Waals surface area (Å²) in [5, 5.41) is 21.3. The van der Waals surface area contributed by atoms with Crippen molar-refractivity contribution >= 4 is 11.9 Å². The highest BCUT2D eigenvalue weighted by Gasteiger charge is 2.50. The number of ether oxygens (including phenoxy) is 2. The number of benzene rings is 2. The van der Waals surface area contributed by atoms with Gasteiger partial charge < -0.3 is 25.0 Å². The van der Waals surface area contributed by atoms with Gasteiger partial charge in [0, 0.05) is 50.5 Å². The number of nitrogens with one attached hydrogen (secondary N) is 1. The predicted molar refractivity (Wildman–Crippen MR) is 173 cm³/mol. The summed E-state index contributed by atoms with van der Waals surface area (Å²) in [6.07, 6.45) is 7.72. The fourth-order valence-electron chi connectivity index (χ4n) is 8.08. The van der Waals surface area contributed by atoms with Crippen LogP contribution in [0.4, 0.5) is 0 Å². The summed E-state index contributed by atoms with van der Waals surface area (Å²) in [5.74, 6) is -0.755.